The first-order valence-electron chi connectivity index (χ1n) is 8.89. The van der Waals surface area contributed by atoms with E-state index in [0.717, 1.165) is 12.5 Å². The molecule has 8 heteroatoms. The Morgan fingerprint density at radius 1 is 1.33 bits per heavy atom. The van der Waals surface area contributed by atoms with Crippen molar-refractivity contribution in [3.05, 3.63) is 36.0 Å². The number of benzene rings is 1. The van der Waals surface area contributed by atoms with Crippen LogP contribution in [0.15, 0.2) is 30.5 Å². The third-order valence-corrected chi connectivity index (χ3v) is 4.76. The normalized spacial score (nSPS) is 20.7. The van der Waals surface area contributed by atoms with Crippen LogP contribution in [0, 0.1) is 5.92 Å². The Morgan fingerprint density at radius 2 is 2.11 bits per heavy atom. The van der Waals surface area contributed by atoms with E-state index in [4.69, 9.17) is 5.11 Å². The van der Waals surface area contributed by atoms with Gasteiger partial charge in [-0.15, -0.1) is 0 Å². The van der Waals surface area contributed by atoms with Crippen molar-refractivity contribution in [1.29, 1.82) is 0 Å². The number of nitrogens with one attached hydrogen (secondary N) is 1. The molecule has 1 saturated heterocycles. The van der Waals surface area contributed by atoms with E-state index in [-0.39, 0.29) is 36.4 Å². The maximum Gasteiger partial charge on any atom is 0.418 e. The molecule has 0 unspecified atom stereocenters. The van der Waals surface area contributed by atoms with Crippen molar-refractivity contribution in [3.8, 4) is 0 Å². The lowest BCUT2D eigenvalue weighted by Crippen LogP contribution is -2.50. The molecule has 2 atom stereocenters. The van der Waals surface area contributed by atoms with Crippen molar-refractivity contribution < 1.29 is 23.1 Å². The summed E-state index contributed by atoms with van der Waals surface area (Å²) < 4.78 is 39.9. The SMILES string of the molecule is C[C@H]1C[C@@H](NC(=O)CCO)CN(c2ccc(C(F)(F)F)c3ncccc23)C1. The second kappa shape index (κ2) is 7.72. The quantitative estimate of drug-likeness (QED) is 0.855. The number of amides is 1. The molecule has 2 aromatic rings. The highest BCUT2D eigenvalue weighted by Gasteiger charge is 2.34. The van der Waals surface area contributed by atoms with Crippen molar-refractivity contribution in [2.24, 2.45) is 5.92 Å². The predicted octanol–water partition coefficient (Wildman–Crippen LogP) is 2.97. The predicted molar refractivity (Wildman–Crippen MR) is 96.4 cm³/mol. The van der Waals surface area contributed by atoms with Gasteiger partial charge in [0.2, 0.25) is 5.91 Å². The highest BCUT2D eigenvalue weighted by molar-refractivity contribution is 5.94. The molecule has 1 aliphatic rings. The highest BCUT2D eigenvalue weighted by Crippen LogP contribution is 2.38. The molecule has 1 amide bonds. The summed E-state index contributed by atoms with van der Waals surface area (Å²) in [4.78, 5) is 17.8. The third kappa shape index (κ3) is 4.32. The molecule has 146 valence electrons. The third-order valence-electron chi connectivity index (χ3n) is 4.76. The number of hydrogen-bond acceptors (Lipinski definition) is 4. The Hall–Kier alpha value is -2.35. The number of carbonyl (C=O) groups is 1. The maximum absolute atomic E-state index is 13.3. The Kier molecular flexibility index (Phi) is 5.55. The van der Waals surface area contributed by atoms with Crippen LogP contribution in [0.25, 0.3) is 10.9 Å². The van der Waals surface area contributed by atoms with E-state index in [9.17, 15) is 18.0 Å². The summed E-state index contributed by atoms with van der Waals surface area (Å²) in [6.07, 6.45) is -2.29. The van der Waals surface area contributed by atoms with Crippen LogP contribution in [-0.4, -0.2) is 41.7 Å². The molecule has 0 bridgehead atoms. The Bertz CT molecular complexity index is 825. The molecule has 1 aliphatic heterocycles. The molecule has 3 rings (SSSR count). The maximum atomic E-state index is 13.3. The van der Waals surface area contributed by atoms with Gasteiger partial charge in [0, 0.05) is 42.8 Å². The van der Waals surface area contributed by atoms with Crippen LogP contribution < -0.4 is 10.2 Å². The molecule has 0 aliphatic carbocycles. The standard InChI is InChI=1S/C19H22F3N3O2/c1-12-9-13(24-17(27)6-8-26)11-25(10-12)16-5-4-15(19(20,21)22)18-14(16)3-2-7-23-18/h2-5,7,12-13,26H,6,8-11H2,1H3,(H,24,27)/t12-,13+/m0/s1. The molecule has 1 fully saturated rings. The topological polar surface area (TPSA) is 65.5 Å². The van der Waals surface area contributed by atoms with E-state index < -0.39 is 11.7 Å². The first-order chi connectivity index (χ1) is 12.8. The number of anilines is 1. The van der Waals surface area contributed by atoms with Crippen molar-refractivity contribution in [1.82, 2.24) is 10.3 Å². The minimum Gasteiger partial charge on any atom is -0.396 e. The highest BCUT2D eigenvalue weighted by atomic mass is 19.4. The average Bonchev–Trinajstić information content (AvgIpc) is 2.59. The van der Waals surface area contributed by atoms with Gasteiger partial charge in [-0.25, -0.2) is 0 Å². The summed E-state index contributed by atoms with van der Waals surface area (Å²) in [5.74, 6) is 0.0303. The summed E-state index contributed by atoms with van der Waals surface area (Å²) in [5.41, 5.74) is -0.139. The van der Waals surface area contributed by atoms with Gasteiger partial charge in [-0.05, 0) is 36.6 Å². The van der Waals surface area contributed by atoms with Crippen molar-refractivity contribution in [3.63, 3.8) is 0 Å². The fraction of sp³-hybridized carbons (Fsp3) is 0.474. The Labute approximate surface area is 155 Å². The Morgan fingerprint density at radius 3 is 2.81 bits per heavy atom. The molecule has 1 aromatic carbocycles. The van der Waals surface area contributed by atoms with Gasteiger partial charge < -0.3 is 15.3 Å². The number of carbonyl (C=O) groups excluding carboxylic acids is 1. The zero-order chi connectivity index (χ0) is 19.6. The van der Waals surface area contributed by atoms with Crippen LogP contribution in [0.5, 0.6) is 0 Å². The molecular weight excluding hydrogens is 359 g/mol. The molecule has 2 N–H and O–H groups in total. The van der Waals surface area contributed by atoms with E-state index >= 15 is 0 Å². The van der Waals surface area contributed by atoms with Gasteiger partial charge in [-0.1, -0.05) is 6.92 Å². The smallest absolute Gasteiger partial charge is 0.396 e. The first-order valence-corrected chi connectivity index (χ1v) is 8.89. The minimum absolute atomic E-state index is 0.0397. The first kappa shape index (κ1) is 19.4. The lowest BCUT2D eigenvalue weighted by molar-refractivity contribution is -0.136. The molecule has 1 aromatic heterocycles. The van der Waals surface area contributed by atoms with Gasteiger partial charge in [-0.2, -0.15) is 13.2 Å². The van der Waals surface area contributed by atoms with E-state index in [1.807, 2.05) is 11.8 Å². The number of aliphatic hydroxyl groups excluding tert-OH is 1. The van der Waals surface area contributed by atoms with E-state index in [0.29, 0.717) is 24.2 Å². The monoisotopic (exact) mass is 381 g/mol. The number of halogens is 3. The van der Waals surface area contributed by atoms with Crippen molar-refractivity contribution in [2.75, 3.05) is 24.6 Å². The van der Waals surface area contributed by atoms with Crippen LogP contribution in [0.1, 0.15) is 25.3 Å². The number of rotatable bonds is 4. The van der Waals surface area contributed by atoms with Crippen molar-refractivity contribution >= 4 is 22.5 Å². The van der Waals surface area contributed by atoms with Gasteiger partial charge >= 0.3 is 6.18 Å². The fourth-order valence-corrected chi connectivity index (χ4v) is 3.72. The molecule has 2 heterocycles. The molecule has 0 spiro atoms. The molecular formula is C19H22F3N3O2. The summed E-state index contributed by atoms with van der Waals surface area (Å²) in [7, 11) is 0. The van der Waals surface area contributed by atoms with Crippen LogP contribution in [0.4, 0.5) is 18.9 Å². The van der Waals surface area contributed by atoms with Gasteiger partial charge in [0.25, 0.3) is 0 Å². The van der Waals surface area contributed by atoms with Gasteiger partial charge in [-0.3, -0.25) is 9.78 Å². The van der Waals surface area contributed by atoms with Gasteiger partial charge in [0.05, 0.1) is 17.7 Å². The second-order valence-corrected chi connectivity index (χ2v) is 7.01. The number of piperidine rings is 1. The second-order valence-electron chi connectivity index (χ2n) is 7.01. The van der Waals surface area contributed by atoms with E-state index in [1.54, 1.807) is 12.1 Å². The Balaban J connectivity index is 1.93. The van der Waals surface area contributed by atoms with Crippen LogP contribution in [0.3, 0.4) is 0 Å². The largest absolute Gasteiger partial charge is 0.418 e. The van der Waals surface area contributed by atoms with Crippen LogP contribution in [0.2, 0.25) is 0 Å². The minimum atomic E-state index is -4.47. The zero-order valence-electron chi connectivity index (χ0n) is 15.0. The number of hydrogen-bond donors (Lipinski definition) is 2. The number of aromatic nitrogens is 1. The van der Waals surface area contributed by atoms with Crippen molar-refractivity contribution in [2.45, 2.75) is 32.0 Å². The summed E-state index contributed by atoms with van der Waals surface area (Å²) in [5, 5.41) is 12.2. The number of alkyl halides is 3. The number of pyridine rings is 1. The van der Waals surface area contributed by atoms with Gasteiger partial charge in [0.1, 0.15) is 0 Å². The van der Waals surface area contributed by atoms with Crippen LogP contribution >= 0.6 is 0 Å². The van der Waals surface area contributed by atoms with E-state index in [1.165, 1.54) is 12.3 Å². The van der Waals surface area contributed by atoms with Gasteiger partial charge in [0.15, 0.2) is 0 Å². The fourth-order valence-electron chi connectivity index (χ4n) is 3.72. The number of nitrogens with zero attached hydrogens (tertiary/aromatic N) is 2. The molecule has 27 heavy (non-hydrogen) atoms. The summed E-state index contributed by atoms with van der Waals surface area (Å²) in [6.45, 7) is 3.01. The zero-order valence-corrected chi connectivity index (χ0v) is 15.0. The van der Waals surface area contributed by atoms with Crippen LogP contribution in [-0.2, 0) is 11.0 Å². The lowest BCUT2D eigenvalue weighted by Gasteiger charge is -2.39. The van der Waals surface area contributed by atoms with E-state index in [2.05, 4.69) is 10.3 Å². The molecule has 0 radical (unpaired) electrons. The lowest BCUT2D eigenvalue weighted by atomic mass is 9.94. The average molecular weight is 381 g/mol. The number of fused-ring (bicyclic) bond motifs is 1. The molecule has 0 saturated carbocycles. The number of aliphatic hydroxyl groups is 1. The molecule has 5 nitrogen and oxygen atoms in total. The summed E-state index contributed by atoms with van der Waals surface area (Å²) in [6, 6.07) is 5.70. The summed E-state index contributed by atoms with van der Waals surface area (Å²) >= 11 is 0.